The average molecular weight is 230 g/mol. The van der Waals surface area contributed by atoms with Crippen LogP contribution in [-0.2, 0) is 19.3 Å². The van der Waals surface area contributed by atoms with Crippen molar-refractivity contribution in [1.29, 1.82) is 0 Å². The Morgan fingerprint density at radius 2 is 1.19 bits per heavy atom. The Morgan fingerprint density at radius 3 is 1.44 bits per heavy atom. The fourth-order valence-corrected chi connectivity index (χ4v) is 1.99. The molecule has 6 nitrogen and oxygen atoms in total. The van der Waals surface area contributed by atoms with Crippen molar-refractivity contribution in [3.05, 3.63) is 0 Å². The van der Waals surface area contributed by atoms with Crippen molar-refractivity contribution >= 4 is 11.8 Å². The molecular weight excluding hydrogens is 212 g/mol. The van der Waals surface area contributed by atoms with Gasteiger partial charge in [0.05, 0.1) is 14.2 Å². The second-order valence-electron chi connectivity index (χ2n) is 3.89. The van der Waals surface area contributed by atoms with Crippen molar-refractivity contribution in [3.8, 4) is 0 Å². The van der Waals surface area contributed by atoms with Crippen molar-refractivity contribution < 1.29 is 19.3 Å². The highest BCUT2D eigenvalue weighted by Gasteiger charge is 2.29. The van der Waals surface area contributed by atoms with E-state index < -0.39 is 0 Å². The lowest BCUT2D eigenvalue weighted by atomic mass is 9.81. The van der Waals surface area contributed by atoms with Crippen LogP contribution in [0.1, 0.15) is 25.7 Å². The second kappa shape index (κ2) is 6.44. The number of nitrogens with one attached hydrogen (secondary N) is 2. The Labute approximate surface area is 94.6 Å². The smallest absolute Gasteiger partial charge is 0.246 e. The third kappa shape index (κ3) is 3.46. The third-order valence-corrected chi connectivity index (χ3v) is 2.87. The molecule has 0 aromatic heterocycles. The van der Waals surface area contributed by atoms with E-state index in [0.29, 0.717) is 25.7 Å². The summed E-state index contributed by atoms with van der Waals surface area (Å²) in [5.41, 5.74) is 4.64. The second-order valence-corrected chi connectivity index (χ2v) is 3.89. The minimum absolute atomic E-state index is 0.0495. The molecule has 0 aromatic rings. The molecule has 2 N–H and O–H groups in total. The van der Waals surface area contributed by atoms with Gasteiger partial charge in [-0.25, -0.2) is 11.0 Å². The van der Waals surface area contributed by atoms with E-state index in [-0.39, 0.29) is 23.7 Å². The molecule has 1 aliphatic carbocycles. The molecule has 0 bridgehead atoms. The summed E-state index contributed by atoms with van der Waals surface area (Å²) in [4.78, 5) is 32.0. The van der Waals surface area contributed by atoms with Gasteiger partial charge in [0.2, 0.25) is 11.8 Å². The van der Waals surface area contributed by atoms with Gasteiger partial charge in [0, 0.05) is 11.8 Å². The van der Waals surface area contributed by atoms with E-state index in [1.165, 1.54) is 14.2 Å². The van der Waals surface area contributed by atoms with Gasteiger partial charge in [0.15, 0.2) is 0 Å². The summed E-state index contributed by atoms with van der Waals surface area (Å²) in [7, 11) is 2.82. The normalized spacial score (nSPS) is 24.9. The minimum Gasteiger partial charge on any atom is -0.277 e. The summed E-state index contributed by atoms with van der Waals surface area (Å²) in [5, 5.41) is 0. The van der Waals surface area contributed by atoms with Gasteiger partial charge in [-0.3, -0.25) is 19.3 Å². The van der Waals surface area contributed by atoms with E-state index in [1.54, 1.807) is 0 Å². The monoisotopic (exact) mass is 230 g/mol. The molecule has 2 amide bonds. The van der Waals surface area contributed by atoms with E-state index in [4.69, 9.17) is 0 Å². The van der Waals surface area contributed by atoms with Crippen LogP contribution in [0.3, 0.4) is 0 Å². The maximum Gasteiger partial charge on any atom is 0.246 e. The Morgan fingerprint density at radius 1 is 0.875 bits per heavy atom. The van der Waals surface area contributed by atoms with Crippen LogP contribution < -0.4 is 11.0 Å². The third-order valence-electron chi connectivity index (χ3n) is 2.87. The first kappa shape index (κ1) is 12.9. The van der Waals surface area contributed by atoms with E-state index in [9.17, 15) is 9.59 Å². The van der Waals surface area contributed by atoms with E-state index >= 15 is 0 Å². The molecule has 0 aromatic carbocycles. The molecule has 0 aliphatic heterocycles. The Kier molecular flexibility index (Phi) is 5.21. The van der Waals surface area contributed by atoms with Crippen LogP contribution in [0.25, 0.3) is 0 Å². The van der Waals surface area contributed by atoms with Crippen LogP contribution in [0.5, 0.6) is 0 Å². The summed E-state index contributed by atoms with van der Waals surface area (Å²) in [5.74, 6) is -0.306. The molecule has 0 unspecified atom stereocenters. The molecule has 0 atom stereocenters. The van der Waals surface area contributed by atoms with Crippen LogP contribution in [0.4, 0.5) is 0 Å². The first-order valence-electron chi connectivity index (χ1n) is 5.34. The summed E-state index contributed by atoms with van der Waals surface area (Å²) >= 11 is 0. The van der Waals surface area contributed by atoms with E-state index in [1.807, 2.05) is 0 Å². The first-order valence-corrected chi connectivity index (χ1v) is 5.34. The lowest BCUT2D eigenvalue weighted by Gasteiger charge is -2.26. The summed E-state index contributed by atoms with van der Waals surface area (Å²) in [6, 6.07) is 0. The van der Waals surface area contributed by atoms with E-state index in [2.05, 4.69) is 20.6 Å². The predicted octanol–water partition coefficient (Wildman–Crippen LogP) is 0.148. The topological polar surface area (TPSA) is 76.7 Å². The average Bonchev–Trinajstić information content (AvgIpc) is 2.30. The van der Waals surface area contributed by atoms with Crippen molar-refractivity contribution in [1.82, 2.24) is 11.0 Å². The van der Waals surface area contributed by atoms with Gasteiger partial charge in [-0.05, 0) is 25.7 Å². The van der Waals surface area contributed by atoms with Gasteiger partial charge < -0.3 is 0 Å². The Bertz CT molecular complexity index is 223. The van der Waals surface area contributed by atoms with Gasteiger partial charge in [0.1, 0.15) is 0 Å². The first-order chi connectivity index (χ1) is 7.69. The number of hydroxylamine groups is 2. The molecule has 0 saturated heterocycles. The number of hydrogen-bond donors (Lipinski definition) is 2. The molecule has 92 valence electrons. The highest BCUT2D eigenvalue weighted by Crippen LogP contribution is 2.28. The van der Waals surface area contributed by atoms with E-state index in [0.717, 1.165) is 0 Å². The molecule has 1 fully saturated rings. The van der Waals surface area contributed by atoms with Crippen LogP contribution in [-0.4, -0.2) is 26.0 Å². The van der Waals surface area contributed by atoms with Crippen molar-refractivity contribution in [2.75, 3.05) is 14.2 Å². The molecular formula is C10H18N2O4. The fourth-order valence-electron chi connectivity index (χ4n) is 1.99. The van der Waals surface area contributed by atoms with Crippen LogP contribution in [0.2, 0.25) is 0 Å². The maximum atomic E-state index is 11.4. The zero-order chi connectivity index (χ0) is 12.0. The van der Waals surface area contributed by atoms with Gasteiger partial charge in [-0.15, -0.1) is 0 Å². The zero-order valence-corrected chi connectivity index (χ0v) is 9.62. The molecule has 1 saturated carbocycles. The number of carbonyl (C=O) groups is 2. The van der Waals surface area contributed by atoms with Crippen molar-refractivity contribution in [3.63, 3.8) is 0 Å². The minimum atomic E-state index is -0.104. The summed E-state index contributed by atoms with van der Waals surface area (Å²) in [6.45, 7) is 0. The van der Waals surface area contributed by atoms with Gasteiger partial charge in [-0.1, -0.05) is 0 Å². The number of rotatable bonds is 4. The lowest BCUT2D eigenvalue weighted by Crippen LogP contribution is -2.36. The largest absolute Gasteiger partial charge is 0.277 e. The number of carbonyl (C=O) groups excluding carboxylic acids is 2. The molecule has 0 radical (unpaired) electrons. The van der Waals surface area contributed by atoms with Crippen LogP contribution in [0.15, 0.2) is 0 Å². The quantitative estimate of drug-likeness (QED) is 0.674. The lowest BCUT2D eigenvalue weighted by molar-refractivity contribution is -0.141. The molecule has 1 aliphatic rings. The van der Waals surface area contributed by atoms with Gasteiger partial charge in [-0.2, -0.15) is 0 Å². The number of hydrogen-bond acceptors (Lipinski definition) is 4. The zero-order valence-electron chi connectivity index (χ0n) is 9.62. The van der Waals surface area contributed by atoms with Crippen molar-refractivity contribution in [2.45, 2.75) is 25.7 Å². The number of amides is 2. The SMILES string of the molecule is CONC(=O)C1CCC(C(=O)NOC)CC1. The molecule has 16 heavy (non-hydrogen) atoms. The Hall–Kier alpha value is -1.14. The molecule has 0 heterocycles. The Balaban J connectivity index is 2.33. The van der Waals surface area contributed by atoms with Gasteiger partial charge in [0.25, 0.3) is 0 Å². The van der Waals surface area contributed by atoms with Gasteiger partial charge >= 0.3 is 0 Å². The summed E-state index contributed by atoms with van der Waals surface area (Å²) in [6.07, 6.45) is 2.82. The molecule has 0 spiro atoms. The highest BCUT2D eigenvalue weighted by molar-refractivity contribution is 5.80. The van der Waals surface area contributed by atoms with Crippen LogP contribution >= 0.6 is 0 Å². The predicted molar refractivity (Wildman–Crippen MR) is 55.8 cm³/mol. The van der Waals surface area contributed by atoms with Crippen molar-refractivity contribution in [2.24, 2.45) is 11.8 Å². The fraction of sp³-hybridized carbons (Fsp3) is 0.800. The molecule has 6 heteroatoms. The standard InChI is InChI=1S/C10H18N2O4/c1-15-11-9(13)7-3-5-8(6-4-7)10(14)12-16-2/h7-8H,3-6H2,1-2H3,(H,11,13)(H,12,14). The molecule has 1 rings (SSSR count). The highest BCUT2D eigenvalue weighted by atomic mass is 16.6. The van der Waals surface area contributed by atoms with Crippen LogP contribution in [0, 0.1) is 11.8 Å². The summed E-state index contributed by atoms with van der Waals surface area (Å²) < 4.78 is 0. The maximum absolute atomic E-state index is 11.4.